The topological polar surface area (TPSA) is 61.1 Å². The van der Waals surface area contributed by atoms with Crippen molar-refractivity contribution in [2.24, 2.45) is 5.92 Å². The van der Waals surface area contributed by atoms with Gasteiger partial charge in [0.15, 0.2) is 0 Å². The van der Waals surface area contributed by atoms with E-state index in [1.807, 2.05) is 13.0 Å². The smallest absolute Gasteiger partial charge is 0.314 e. The van der Waals surface area contributed by atoms with E-state index < -0.39 is 11.4 Å². The molecule has 1 fully saturated rings. The Morgan fingerprint density at radius 1 is 1.53 bits per heavy atom. The molecule has 2 atom stereocenters. The van der Waals surface area contributed by atoms with Crippen LogP contribution in [0.5, 0.6) is 0 Å². The van der Waals surface area contributed by atoms with Gasteiger partial charge in [-0.3, -0.25) is 4.79 Å². The van der Waals surface area contributed by atoms with Gasteiger partial charge in [0.1, 0.15) is 0 Å². The van der Waals surface area contributed by atoms with Gasteiger partial charge in [0.25, 0.3) is 0 Å². The molecule has 2 rings (SSSR count). The zero-order chi connectivity index (χ0) is 12.5. The molecule has 1 aliphatic rings. The second-order valence-electron chi connectivity index (χ2n) is 4.61. The average Bonchev–Trinajstić information content (AvgIpc) is 2.29. The highest BCUT2D eigenvalue weighted by atomic mass is 16.4. The molecule has 0 spiro atoms. The number of hydrogen-bond donors (Lipinski definition) is 1. The van der Waals surface area contributed by atoms with Crippen molar-refractivity contribution in [3.63, 3.8) is 0 Å². The molecule has 0 radical (unpaired) electrons. The fourth-order valence-electron chi connectivity index (χ4n) is 2.82. The minimum absolute atomic E-state index is 0.216. The Hall–Kier alpha value is -1.82. The normalized spacial score (nSPS) is 26.9. The van der Waals surface area contributed by atoms with Crippen LogP contribution in [0.4, 0.5) is 0 Å². The molecule has 1 aliphatic carbocycles. The lowest BCUT2D eigenvalue weighted by Gasteiger charge is -2.46. The number of rotatable bonds is 3. The van der Waals surface area contributed by atoms with Crippen molar-refractivity contribution in [2.75, 3.05) is 0 Å². The molecule has 3 heteroatoms. The van der Waals surface area contributed by atoms with Crippen LogP contribution in [0.15, 0.2) is 24.3 Å². The minimum Gasteiger partial charge on any atom is -0.481 e. The molecule has 2 unspecified atom stereocenters. The van der Waals surface area contributed by atoms with Crippen molar-refractivity contribution < 1.29 is 9.90 Å². The lowest BCUT2D eigenvalue weighted by atomic mass is 9.56. The summed E-state index contributed by atoms with van der Waals surface area (Å²) in [7, 11) is 0. The van der Waals surface area contributed by atoms with E-state index >= 15 is 0 Å². The largest absolute Gasteiger partial charge is 0.481 e. The summed E-state index contributed by atoms with van der Waals surface area (Å²) in [6, 6.07) is 9.02. The molecule has 1 aromatic rings. The number of carboxylic acid groups (broad SMARTS) is 1. The van der Waals surface area contributed by atoms with Crippen LogP contribution in [0, 0.1) is 17.2 Å². The zero-order valence-electron chi connectivity index (χ0n) is 9.81. The summed E-state index contributed by atoms with van der Waals surface area (Å²) >= 11 is 0. The van der Waals surface area contributed by atoms with Gasteiger partial charge in [-0.25, -0.2) is 0 Å². The van der Waals surface area contributed by atoms with Gasteiger partial charge in [-0.1, -0.05) is 25.5 Å². The summed E-state index contributed by atoms with van der Waals surface area (Å²) in [5.41, 5.74) is 0.687. The lowest BCUT2D eigenvalue weighted by Crippen LogP contribution is -2.50. The molecule has 0 aromatic heterocycles. The van der Waals surface area contributed by atoms with Crippen molar-refractivity contribution in [2.45, 2.75) is 31.6 Å². The van der Waals surface area contributed by atoms with E-state index in [0.717, 1.165) is 18.4 Å². The van der Waals surface area contributed by atoms with E-state index in [1.54, 1.807) is 24.3 Å². The summed E-state index contributed by atoms with van der Waals surface area (Å²) in [5.74, 6) is -0.520. The van der Waals surface area contributed by atoms with Crippen molar-refractivity contribution in [3.05, 3.63) is 35.4 Å². The van der Waals surface area contributed by atoms with Crippen LogP contribution in [0.25, 0.3) is 0 Å². The Bertz CT molecular complexity index is 470. The monoisotopic (exact) mass is 229 g/mol. The molecule has 17 heavy (non-hydrogen) atoms. The van der Waals surface area contributed by atoms with Gasteiger partial charge in [0.05, 0.1) is 17.0 Å². The average molecular weight is 229 g/mol. The van der Waals surface area contributed by atoms with E-state index in [4.69, 9.17) is 5.26 Å². The van der Waals surface area contributed by atoms with Crippen molar-refractivity contribution in [1.82, 2.24) is 0 Å². The van der Waals surface area contributed by atoms with Crippen LogP contribution >= 0.6 is 0 Å². The van der Waals surface area contributed by atoms with E-state index in [1.165, 1.54) is 0 Å². The number of nitrogens with zero attached hydrogens (tertiary/aromatic N) is 1. The standard InChI is InChI=1S/C14H15NO2/c1-2-11-7-8-14(11,13(16)17)12-5-3-10(9-15)4-6-12/h3-6,11H,2,7-8H2,1H3,(H,16,17). The summed E-state index contributed by atoms with van der Waals surface area (Å²) in [6.45, 7) is 2.03. The summed E-state index contributed by atoms with van der Waals surface area (Å²) in [6.07, 6.45) is 2.56. The number of aliphatic carboxylic acids is 1. The highest BCUT2D eigenvalue weighted by Gasteiger charge is 2.53. The highest BCUT2D eigenvalue weighted by Crippen LogP contribution is 2.50. The number of carbonyl (C=O) groups is 1. The first-order valence-corrected chi connectivity index (χ1v) is 5.89. The minimum atomic E-state index is -0.736. The molecule has 88 valence electrons. The van der Waals surface area contributed by atoms with Gasteiger partial charge in [0, 0.05) is 0 Å². The van der Waals surface area contributed by atoms with E-state index in [0.29, 0.717) is 12.0 Å². The van der Waals surface area contributed by atoms with Crippen LogP contribution in [0.3, 0.4) is 0 Å². The van der Waals surface area contributed by atoms with E-state index in [2.05, 4.69) is 0 Å². The summed E-state index contributed by atoms with van der Waals surface area (Å²) in [5, 5.41) is 18.2. The second kappa shape index (κ2) is 4.21. The van der Waals surface area contributed by atoms with Gasteiger partial charge < -0.3 is 5.11 Å². The number of benzene rings is 1. The Balaban J connectivity index is 2.41. The van der Waals surface area contributed by atoms with Crippen molar-refractivity contribution in [1.29, 1.82) is 5.26 Å². The van der Waals surface area contributed by atoms with Crippen molar-refractivity contribution in [3.8, 4) is 6.07 Å². The van der Waals surface area contributed by atoms with Crippen molar-refractivity contribution >= 4 is 5.97 Å². The van der Waals surface area contributed by atoms with Gasteiger partial charge >= 0.3 is 5.97 Å². The molecular formula is C14H15NO2. The molecule has 0 bridgehead atoms. The predicted octanol–water partition coefficient (Wildman–Crippen LogP) is 2.70. The van der Waals surface area contributed by atoms with Crippen LogP contribution in [-0.2, 0) is 10.2 Å². The number of hydrogen-bond acceptors (Lipinski definition) is 2. The first-order chi connectivity index (χ1) is 8.15. The molecule has 1 N–H and O–H groups in total. The maximum atomic E-state index is 11.6. The highest BCUT2D eigenvalue weighted by molar-refractivity contribution is 5.83. The summed E-state index contributed by atoms with van der Waals surface area (Å²) in [4.78, 5) is 11.6. The van der Waals surface area contributed by atoms with E-state index in [-0.39, 0.29) is 5.92 Å². The zero-order valence-corrected chi connectivity index (χ0v) is 9.81. The van der Waals surface area contributed by atoms with Gasteiger partial charge in [-0.15, -0.1) is 0 Å². The Morgan fingerprint density at radius 2 is 2.18 bits per heavy atom. The maximum absolute atomic E-state index is 11.6. The molecule has 0 aliphatic heterocycles. The van der Waals surface area contributed by atoms with Crippen LogP contribution < -0.4 is 0 Å². The third kappa shape index (κ3) is 1.61. The first kappa shape index (κ1) is 11.7. The van der Waals surface area contributed by atoms with Gasteiger partial charge in [-0.2, -0.15) is 5.26 Å². The van der Waals surface area contributed by atoms with E-state index in [9.17, 15) is 9.90 Å². The molecule has 1 saturated carbocycles. The molecule has 1 aromatic carbocycles. The molecular weight excluding hydrogens is 214 g/mol. The quantitative estimate of drug-likeness (QED) is 0.866. The van der Waals surface area contributed by atoms with Gasteiger partial charge in [-0.05, 0) is 36.5 Å². The molecule has 0 heterocycles. The van der Waals surface area contributed by atoms with Crippen LogP contribution in [0.2, 0.25) is 0 Å². The maximum Gasteiger partial charge on any atom is 0.314 e. The number of carboxylic acids is 1. The fraction of sp³-hybridized carbons (Fsp3) is 0.429. The number of nitriles is 1. The second-order valence-corrected chi connectivity index (χ2v) is 4.61. The first-order valence-electron chi connectivity index (χ1n) is 5.89. The molecule has 0 amide bonds. The summed E-state index contributed by atoms with van der Waals surface area (Å²) < 4.78 is 0. The Labute approximate surface area is 101 Å². The molecule has 3 nitrogen and oxygen atoms in total. The van der Waals surface area contributed by atoms with Gasteiger partial charge in [0.2, 0.25) is 0 Å². The lowest BCUT2D eigenvalue weighted by molar-refractivity contribution is -0.151. The third-order valence-electron chi connectivity index (χ3n) is 3.99. The Kier molecular flexibility index (Phi) is 2.89. The Morgan fingerprint density at radius 3 is 2.53 bits per heavy atom. The third-order valence-corrected chi connectivity index (χ3v) is 3.99. The molecule has 0 saturated heterocycles. The fourth-order valence-corrected chi connectivity index (χ4v) is 2.82. The van der Waals surface area contributed by atoms with Crippen LogP contribution in [0.1, 0.15) is 37.3 Å². The SMILES string of the molecule is CCC1CCC1(C(=O)O)c1ccc(C#N)cc1. The predicted molar refractivity (Wildman–Crippen MR) is 63.5 cm³/mol. The van der Waals surface area contributed by atoms with Crippen LogP contribution in [-0.4, -0.2) is 11.1 Å².